The van der Waals surface area contributed by atoms with Gasteiger partial charge in [-0.15, -0.1) is 0 Å². The molecule has 102 valence electrons. The summed E-state index contributed by atoms with van der Waals surface area (Å²) >= 11 is 3.45. The molecule has 0 heterocycles. The lowest BCUT2D eigenvalue weighted by molar-refractivity contribution is -0.120. The molecule has 0 N–H and O–H groups in total. The molecule has 0 bridgehead atoms. The molecule has 18 heavy (non-hydrogen) atoms. The molecule has 0 atom stereocenters. The number of hydrogen-bond donors (Lipinski definition) is 0. The van der Waals surface area contributed by atoms with Gasteiger partial charge >= 0.3 is 0 Å². The summed E-state index contributed by atoms with van der Waals surface area (Å²) in [4.78, 5) is 11.7. The van der Waals surface area contributed by atoms with Gasteiger partial charge in [0, 0.05) is 11.8 Å². The van der Waals surface area contributed by atoms with Gasteiger partial charge in [-0.25, -0.2) is 0 Å². The van der Waals surface area contributed by atoms with E-state index in [4.69, 9.17) is 0 Å². The summed E-state index contributed by atoms with van der Waals surface area (Å²) in [6.45, 7) is 0. The Hall–Kier alpha value is -0.370. The summed E-state index contributed by atoms with van der Waals surface area (Å²) in [7, 11) is 0. The zero-order valence-electron chi connectivity index (χ0n) is 11.2. The fourth-order valence-electron chi connectivity index (χ4n) is 2.27. The van der Waals surface area contributed by atoms with Gasteiger partial charge < -0.3 is 0 Å². The monoisotopic (exact) mass is 312 g/mol. The average molecular weight is 313 g/mol. The van der Waals surface area contributed by atoms with Crippen molar-refractivity contribution in [2.75, 3.05) is 5.33 Å². The smallest absolute Gasteiger partial charge is 0.143 e. The number of Topliss-reactive ketones (excluding diaryl/α,β-unsaturated/α-hetero) is 1. The van der Waals surface area contributed by atoms with Gasteiger partial charge in [-0.2, -0.15) is 0 Å². The van der Waals surface area contributed by atoms with Crippen LogP contribution < -0.4 is 0 Å². The first-order chi connectivity index (χ1) is 8.84. The molecule has 0 aromatic rings. The molecule has 0 saturated carbocycles. The van der Waals surface area contributed by atoms with Crippen molar-refractivity contribution in [3.63, 3.8) is 0 Å². The summed E-state index contributed by atoms with van der Waals surface area (Å²) < 4.78 is 0. The van der Waals surface area contributed by atoms with Crippen LogP contribution in [-0.2, 0) is 4.79 Å². The van der Waals surface area contributed by atoms with Crippen molar-refractivity contribution in [2.24, 2.45) is 5.92 Å². The standard InChI is InChI=1S/C16H25BrO/c17-14-10-6-4-2-1-3-5-7-13-16(18)15-11-8-9-12-15/h8-9,11-12,15H,1-7,10,13-14H2. The van der Waals surface area contributed by atoms with Gasteiger partial charge in [0.1, 0.15) is 5.78 Å². The Morgan fingerprint density at radius 1 is 0.833 bits per heavy atom. The van der Waals surface area contributed by atoms with Crippen LogP contribution in [0.5, 0.6) is 0 Å². The summed E-state index contributed by atoms with van der Waals surface area (Å²) in [6, 6.07) is 0. The predicted molar refractivity (Wildman–Crippen MR) is 82.1 cm³/mol. The molecule has 0 aromatic carbocycles. The van der Waals surface area contributed by atoms with Crippen LogP contribution in [0.1, 0.15) is 57.8 Å². The number of carbonyl (C=O) groups is 1. The van der Waals surface area contributed by atoms with Gasteiger partial charge in [0.2, 0.25) is 0 Å². The maximum absolute atomic E-state index is 11.7. The van der Waals surface area contributed by atoms with E-state index in [1.807, 2.05) is 24.3 Å². The minimum Gasteiger partial charge on any atom is -0.299 e. The third kappa shape index (κ3) is 7.15. The fourth-order valence-corrected chi connectivity index (χ4v) is 2.66. The van der Waals surface area contributed by atoms with E-state index >= 15 is 0 Å². The summed E-state index contributed by atoms with van der Waals surface area (Å²) in [5, 5.41) is 1.14. The third-order valence-corrected chi connectivity index (χ3v) is 3.99. The highest BCUT2D eigenvalue weighted by Gasteiger charge is 2.12. The highest BCUT2D eigenvalue weighted by Crippen LogP contribution is 2.15. The molecule has 1 aliphatic rings. The maximum Gasteiger partial charge on any atom is 0.143 e. The minimum atomic E-state index is 0.0780. The first-order valence-corrected chi connectivity index (χ1v) is 8.40. The van der Waals surface area contributed by atoms with Gasteiger partial charge in [-0.3, -0.25) is 4.79 Å². The van der Waals surface area contributed by atoms with Crippen molar-refractivity contribution in [1.29, 1.82) is 0 Å². The summed E-state index contributed by atoms with van der Waals surface area (Å²) in [6.07, 6.45) is 18.9. The van der Waals surface area contributed by atoms with Crippen LogP contribution in [0.15, 0.2) is 24.3 Å². The van der Waals surface area contributed by atoms with Crippen LogP contribution in [0.2, 0.25) is 0 Å². The second-order valence-corrected chi connectivity index (χ2v) is 5.82. The molecule has 0 spiro atoms. The van der Waals surface area contributed by atoms with E-state index in [0.717, 1.165) is 18.2 Å². The molecular formula is C16H25BrO. The van der Waals surface area contributed by atoms with Crippen molar-refractivity contribution < 1.29 is 4.79 Å². The van der Waals surface area contributed by atoms with E-state index in [1.165, 1.54) is 44.9 Å². The number of unbranched alkanes of at least 4 members (excludes halogenated alkanes) is 7. The van der Waals surface area contributed by atoms with Crippen molar-refractivity contribution in [3.8, 4) is 0 Å². The largest absolute Gasteiger partial charge is 0.299 e. The normalized spacial score (nSPS) is 14.5. The molecule has 0 saturated heterocycles. The molecule has 0 aliphatic heterocycles. The Balaban J connectivity index is 1.85. The molecule has 0 unspecified atom stereocenters. The Morgan fingerprint density at radius 2 is 1.33 bits per heavy atom. The second-order valence-electron chi connectivity index (χ2n) is 5.03. The van der Waals surface area contributed by atoms with E-state index in [-0.39, 0.29) is 5.92 Å². The highest BCUT2D eigenvalue weighted by atomic mass is 79.9. The van der Waals surface area contributed by atoms with Gasteiger partial charge in [0.15, 0.2) is 0 Å². The number of halogens is 1. The molecule has 0 aromatic heterocycles. The summed E-state index contributed by atoms with van der Waals surface area (Å²) in [5.41, 5.74) is 0. The molecule has 0 radical (unpaired) electrons. The van der Waals surface area contributed by atoms with Gasteiger partial charge in [0.25, 0.3) is 0 Å². The van der Waals surface area contributed by atoms with Gasteiger partial charge in [0.05, 0.1) is 5.92 Å². The first kappa shape index (κ1) is 15.7. The fraction of sp³-hybridized carbons (Fsp3) is 0.688. The van der Waals surface area contributed by atoms with E-state index < -0.39 is 0 Å². The zero-order valence-corrected chi connectivity index (χ0v) is 12.8. The second kappa shape index (κ2) is 10.5. The number of carbonyl (C=O) groups excluding carboxylic acids is 1. The maximum atomic E-state index is 11.7. The molecule has 2 heteroatoms. The van der Waals surface area contributed by atoms with Crippen LogP contribution in [0.4, 0.5) is 0 Å². The van der Waals surface area contributed by atoms with Crippen molar-refractivity contribution >= 4 is 21.7 Å². The van der Waals surface area contributed by atoms with Crippen LogP contribution in [0.25, 0.3) is 0 Å². The first-order valence-electron chi connectivity index (χ1n) is 7.28. The van der Waals surface area contributed by atoms with Crippen molar-refractivity contribution in [1.82, 2.24) is 0 Å². The topological polar surface area (TPSA) is 17.1 Å². The molecule has 1 rings (SSSR count). The Bertz CT molecular complexity index is 269. The van der Waals surface area contributed by atoms with Crippen molar-refractivity contribution in [3.05, 3.63) is 24.3 Å². The van der Waals surface area contributed by atoms with E-state index in [0.29, 0.717) is 5.78 Å². The molecular weight excluding hydrogens is 288 g/mol. The van der Waals surface area contributed by atoms with Crippen LogP contribution in [-0.4, -0.2) is 11.1 Å². The van der Waals surface area contributed by atoms with Crippen LogP contribution >= 0.6 is 15.9 Å². The third-order valence-electron chi connectivity index (χ3n) is 3.43. The van der Waals surface area contributed by atoms with Crippen molar-refractivity contribution in [2.45, 2.75) is 57.8 Å². The lowest BCUT2D eigenvalue weighted by atomic mass is 10.00. The molecule has 0 fully saturated rings. The number of hydrogen-bond acceptors (Lipinski definition) is 1. The highest BCUT2D eigenvalue weighted by molar-refractivity contribution is 9.09. The zero-order chi connectivity index (χ0) is 13.1. The minimum absolute atomic E-state index is 0.0780. The van der Waals surface area contributed by atoms with Gasteiger partial charge in [-0.1, -0.05) is 78.8 Å². The Morgan fingerprint density at radius 3 is 1.89 bits per heavy atom. The quantitative estimate of drug-likeness (QED) is 0.378. The van der Waals surface area contributed by atoms with E-state index in [1.54, 1.807) is 0 Å². The van der Waals surface area contributed by atoms with Gasteiger partial charge in [-0.05, 0) is 12.8 Å². The number of ketones is 1. The summed E-state index contributed by atoms with van der Waals surface area (Å²) in [5.74, 6) is 0.464. The van der Waals surface area contributed by atoms with E-state index in [2.05, 4.69) is 15.9 Å². The lowest BCUT2D eigenvalue weighted by Gasteiger charge is -2.04. The van der Waals surface area contributed by atoms with E-state index in [9.17, 15) is 4.79 Å². The molecule has 1 nitrogen and oxygen atoms in total. The predicted octanol–water partition coefficient (Wildman–Crippen LogP) is 5.20. The van der Waals surface area contributed by atoms with Crippen LogP contribution in [0.3, 0.4) is 0 Å². The molecule has 1 aliphatic carbocycles. The van der Waals surface area contributed by atoms with Crippen LogP contribution in [0, 0.1) is 5.92 Å². The Labute approximate surface area is 120 Å². The Kier molecular flexibility index (Phi) is 9.19. The SMILES string of the molecule is O=C(CCCCCCCCCCBr)C1C=CC=C1. The average Bonchev–Trinajstić information content (AvgIpc) is 2.90. The molecule has 0 amide bonds. The lowest BCUT2D eigenvalue weighted by Crippen LogP contribution is -2.07. The number of allylic oxidation sites excluding steroid dienone is 4. The number of alkyl halides is 1. The number of rotatable bonds is 11.